The van der Waals surface area contributed by atoms with Gasteiger partial charge < -0.3 is 15.1 Å². The maximum Gasteiger partial charge on any atom is 0.303 e. The van der Waals surface area contributed by atoms with Crippen LogP contribution in [0.4, 0.5) is 0 Å². The lowest BCUT2D eigenvalue weighted by molar-refractivity contribution is -0.138. The first kappa shape index (κ1) is 16.0. The Hall–Kier alpha value is -2.04. The second-order valence-corrected chi connectivity index (χ2v) is 5.15. The van der Waals surface area contributed by atoms with Crippen LogP contribution >= 0.6 is 0 Å². The molecule has 2 unspecified atom stereocenters. The normalized spacial score (nSPS) is 13.6. The zero-order valence-electron chi connectivity index (χ0n) is 12.0. The van der Waals surface area contributed by atoms with Crippen LogP contribution in [0.2, 0.25) is 0 Å². The number of carbonyl (C=O) groups is 2. The number of phenols is 1. The molecular formula is C15H21NO4. The van der Waals surface area contributed by atoms with Crippen LogP contribution in [0, 0.1) is 5.92 Å². The third kappa shape index (κ3) is 4.26. The number of para-hydroxylation sites is 1. The van der Waals surface area contributed by atoms with Crippen LogP contribution in [0.1, 0.15) is 38.3 Å². The lowest BCUT2D eigenvalue weighted by Gasteiger charge is -2.27. The van der Waals surface area contributed by atoms with E-state index >= 15 is 0 Å². The first-order valence-electron chi connectivity index (χ1n) is 6.58. The van der Waals surface area contributed by atoms with Gasteiger partial charge >= 0.3 is 5.97 Å². The summed E-state index contributed by atoms with van der Waals surface area (Å²) in [5, 5.41) is 18.5. The van der Waals surface area contributed by atoms with Crippen LogP contribution < -0.4 is 0 Å². The molecule has 0 saturated carbocycles. The average molecular weight is 279 g/mol. The number of carboxylic acids is 1. The lowest BCUT2D eigenvalue weighted by atomic mass is 10.0. The maximum absolute atomic E-state index is 12.1. The maximum atomic E-state index is 12.1. The van der Waals surface area contributed by atoms with Crippen molar-refractivity contribution in [3.8, 4) is 5.75 Å². The molecule has 0 radical (unpaired) electrons. The fourth-order valence-electron chi connectivity index (χ4n) is 2.08. The summed E-state index contributed by atoms with van der Waals surface area (Å²) >= 11 is 0. The number of nitrogens with zero attached hydrogens (tertiary/aromatic N) is 1. The van der Waals surface area contributed by atoms with Crippen LogP contribution in [0.3, 0.4) is 0 Å². The molecule has 1 amide bonds. The van der Waals surface area contributed by atoms with E-state index in [1.165, 1.54) is 4.90 Å². The van der Waals surface area contributed by atoms with Crippen molar-refractivity contribution in [2.45, 2.75) is 32.7 Å². The summed E-state index contributed by atoms with van der Waals surface area (Å²) < 4.78 is 0. The standard InChI is InChI=1S/C15H21NO4/c1-10(9-15(19)20)8-14(18)16(3)11(2)12-6-4-5-7-13(12)17/h4-7,10-11,17H,8-9H2,1-3H3,(H,19,20). The smallest absolute Gasteiger partial charge is 0.303 e. The zero-order valence-corrected chi connectivity index (χ0v) is 12.0. The van der Waals surface area contributed by atoms with Crippen molar-refractivity contribution < 1.29 is 19.8 Å². The van der Waals surface area contributed by atoms with E-state index in [0.717, 1.165) is 0 Å². The molecule has 0 aromatic heterocycles. The minimum atomic E-state index is -0.901. The summed E-state index contributed by atoms with van der Waals surface area (Å²) in [6.07, 6.45) is 0.158. The molecule has 110 valence electrons. The van der Waals surface area contributed by atoms with Gasteiger partial charge in [0.1, 0.15) is 5.75 Å². The lowest BCUT2D eigenvalue weighted by Crippen LogP contribution is -2.31. The summed E-state index contributed by atoms with van der Waals surface area (Å²) in [5.41, 5.74) is 0.675. The minimum Gasteiger partial charge on any atom is -0.508 e. The number of amides is 1. The molecule has 0 saturated heterocycles. The van der Waals surface area contributed by atoms with Crippen LogP contribution in [0.5, 0.6) is 5.75 Å². The Kier molecular flexibility index (Phi) is 5.55. The predicted octanol–water partition coefficient (Wildman–Crippen LogP) is 2.41. The van der Waals surface area contributed by atoms with Crippen LogP contribution in [-0.2, 0) is 9.59 Å². The van der Waals surface area contributed by atoms with Crippen molar-refractivity contribution >= 4 is 11.9 Å². The fourth-order valence-corrected chi connectivity index (χ4v) is 2.08. The molecule has 0 aliphatic rings. The average Bonchev–Trinajstić information content (AvgIpc) is 2.36. The zero-order chi connectivity index (χ0) is 15.3. The second kappa shape index (κ2) is 6.93. The van der Waals surface area contributed by atoms with E-state index in [2.05, 4.69) is 0 Å². The van der Waals surface area contributed by atoms with Gasteiger partial charge in [0.15, 0.2) is 0 Å². The largest absolute Gasteiger partial charge is 0.508 e. The molecule has 2 N–H and O–H groups in total. The van der Waals surface area contributed by atoms with Crippen molar-refractivity contribution in [2.75, 3.05) is 7.05 Å². The van der Waals surface area contributed by atoms with Crippen molar-refractivity contribution in [1.82, 2.24) is 4.90 Å². The topological polar surface area (TPSA) is 77.8 Å². The predicted molar refractivity (Wildman–Crippen MR) is 75.3 cm³/mol. The molecule has 0 aliphatic carbocycles. The first-order valence-corrected chi connectivity index (χ1v) is 6.58. The molecule has 1 aromatic rings. The number of rotatable bonds is 6. The Balaban J connectivity index is 2.69. The van der Waals surface area contributed by atoms with Gasteiger partial charge in [-0.15, -0.1) is 0 Å². The number of carbonyl (C=O) groups excluding carboxylic acids is 1. The van der Waals surface area contributed by atoms with E-state index in [0.29, 0.717) is 5.56 Å². The van der Waals surface area contributed by atoms with Crippen molar-refractivity contribution in [1.29, 1.82) is 0 Å². The van der Waals surface area contributed by atoms with Gasteiger partial charge in [-0.1, -0.05) is 25.1 Å². The molecule has 2 atom stereocenters. The molecule has 1 aromatic carbocycles. The summed E-state index contributed by atoms with van der Waals surface area (Å²) in [7, 11) is 1.66. The van der Waals surface area contributed by atoms with Crippen molar-refractivity contribution in [3.63, 3.8) is 0 Å². The van der Waals surface area contributed by atoms with E-state index < -0.39 is 5.97 Å². The first-order chi connectivity index (χ1) is 9.32. The van der Waals surface area contributed by atoms with Gasteiger partial charge in [0, 0.05) is 25.5 Å². The highest BCUT2D eigenvalue weighted by atomic mass is 16.4. The van der Waals surface area contributed by atoms with Crippen LogP contribution in [-0.4, -0.2) is 34.0 Å². The molecule has 0 fully saturated rings. The molecule has 0 spiro atoms. The molecular weight excluding hydrogens is 258 g/mol. The molecule has 20 heavy (non-hydrogen) atoms. The van der Waals surface area contributed by atoms with Gasteiger partial charge in [0.2, 0.25) is 5.91 Å². The Bertz CT molecular complexity index is 487. The van der Waals surface area contributed by atoms with Gasteiger partial charge in [-0.3, -0.25) is 9.59 Å². The van der Waals surface area contributed by atoms with Crippen LogP contribution in [0.15, 0.2) is 24.3 Å². The van der Waals surface area contributed by atoms with Gasteiger partial charge in [-0.2, -0.15) is 0 Å². The monoisotopic (exact) mass is 279 g/mol. The van der Waals surface area contributed by atoms with Crippen molar-refractivity contribution in [3.05, 3.63) is 29.8 Å². The number of carboxylic acid groups (broad SMARTS) is 1. The third-order valence-electron chi connectivity index (χ3n) is 3.41. The van der Waals surface area contributed by atoms with Gasteiger partial charge in [0.25, 0.3) is 0 Å². The van der Waals surface area contributed by atoms with Gasteiger partial charge in [-0.05, 0) is 18.9 Å². The number of hydrogen-bond acceptors (Lipinski definition) is 3. The van der Waals surface area contributed by atoms with E-state index in [1.807, 2.05) is 6.92 Å². The molecule has 5 heteroatoms. The Labute approximate surface area is 118 Å². The SMILES string of the molecule is CC(CC(=O)O)CC(=O)N(C)C(C)c1ccccc1O. The summed E-state index contributed by atoms with van der Waals surface area (Å²) in [5.74, 6) is -1.09. The minimum absolute atomic E-state index is 0.0233. The second-order valence-electron chi connectivity index (χ2n) is 5.15. The molecule has 5 nitrogen and oxygen atoms in total. The highest BCUT2D eigenvalue weighted by Gasteiger charge is 2.21. The number of phenolic OH excluding ortho intramolecular Hbond substituents is 1. The van der Waals surface area contributed by atoms with Gasteiger partial charge in [0.05, 0.1) is 6.04 Å². The van der Waals surface area contributed by atoms with Crippen molar-refractivity contribution in [2.24, 2.45) is 5.92 Å². The van der Waals surface area contributed by atoms with E-state index in [4.69, 9.17) is 5.11 Å². The number of benzene rings is 1. The number of aromatic hydroxyl groups is 1. The summed E-state index contributed by atoms with van der Waals surface area (Å²) in [4.78, 5) is 24.3. The summed E-state index contributed by atoms with van der Waals surface area (Å²) in [6.45, 7) is 3.57. The molecule has 1 rings (SSSR count). The third-order valence-corrected chi connectivity index (χ3v) is 3.41. The van der Waals surface area contributed by atoms with Gasteiger partial charge in [-0.25, -0.2) is 0 Å². The number of aliphatic carboxylic acids is 1. The van der Waals surface area contributed by atoms with E-state index in [-0.39, 0.29) is 36.5 Å². The quantitative estimate of drug-likeness (QED) is 0.838. The van der Waals surface area contributed by atoms with Crippen LogP contribution in [0.25, 0.3) is 0 Å². The summed E-state index contributed by atoms with van der Waals surface area (Å²) in [6, 6.07) is 6.61. The molecule has 0 bridgehead atoms. The Morgan fingerprint density at radius 1 is 1.20 bits per heavy atom. The Morgan fingerprint density at radius 3 is 2.35 bits per heavy atom. The highest BCUT2D eigenvalue weighted by molar-refractivity contribution is 5.77. The molecule has 0 aliphatic heterocycles. The number of hydrogen-bond donors (Lipinski definition) is 2. The highest BCUT2D eigenvalue weighted by Crippen LogP contribution is 2.28. The van der Waals surface area contributed by atoms with E-state index in [9.17, 15) is 14.7 Å². The molecule has 0 heterocycles. The fraction of sp³-hybridized carbons (Fsp3) is 0.467. The van der Waals surface area contributed by atoms with E-state index in [1.54, 1.807) is 38.2 Å². The Morgan fingerprint density at radius 2 is 1.80 bits per heavy atom.